The molecule has 1 atom stereocenters. The molecule has 11 nitrogen and oxygen atoms in total. The third-order valence-corrected chi connectivity index (χ3v) is 9.05. The van der Waals surface area contributed by atoms with Crippen molar-refractivity contribution in [1.29, 1.82) is 0 Å². The first kappa shape index (κ1) is 27.7. The molecule has 0 bridgehead atoms. The first-order valence-electron chi connectivity index (χ1n) is 13.8. The lowest BCUT2D eigenvalue weighted by molar-refractivity contribution is 0.0333. The Balaban J connectivity index is 1.36. The number of fused-ring (bicyclic) bond motifs is 1. The van der Waals surface area contributed by atoms with E-state index in [0.717, 1.165) is 97.9 Å². The van der Waals surface area contributed by atoms with Crippen LogP contribution in [-0.4, -0.2) is 90.9 Å². The number of anilines is 2. The minimum Gasteiger partial charge on any atom is -0.379 e. The van der Waals surface area contributed by atoms with Crippen molar-refractivity contribution < 1.29 is 17.9 Å². The number of hydrogen-bond donors (Lipinski definition) is 1. The minimum absolute atomic E-state index is 0.200. The third-order valence-electron chi connectivity index (χ3n) is 7.79. The van der Waals surface area contributed by atoms with Crippen LogP contribution in [0.3, 0.4) is 0 Å². The largest absolute Gasteiger partial charge is 0.379 e. The van der Waals surface area contributed by atoms with E-state index in [-0.39, 0.29) is 11.9 Å². The van der Waals surface area contributed by atoms with Gasteiger partial charge < -0.3 is 14.5 Å². The Morgan fingerprint density at radius 1 is 1.07 bits per heavy atom. The van der Waals surface area contributed by atoms with Gasteiger partial charge in [-0.2, -0.15) is 5.10 Å². The molecule has 214 valence electrons. The molecule has 13 heteroatoms. The number of hydrogen-bond acceptors (Lipinski definition) is 8. The van der Waals surface area contributed by atoms with Gasteiger partial charge in [-0.3, -0.25) is 14.4 Å². The zero-order valence-corrected chi connectivity index (χ0v) is 25.5. The number of amides is 1. The number of carbonyl (C=O) groups excluding carboxylic acids is 1. The molecular formula is C27H34IN7O4S. The number of nitrogens with one attached hydrogen (secondary N) is 1. The zero-order valence-electron chi connectivity index (χ0n) is 22.6. The summed E-state index contributed by atoms with van der Waals surface area (Å²) in [5, 5.41) is 5.04. The predicted molar refractivity (Wildman–Crippen MR) is 161 cm³/mol. The maximum absolute atomic E-state index is 14.0. The fourth-order valence-electron chi connectivity index (χ4n) is 5.63. The van der Waals surface area contributed by atoms with Gasteiger partial charge in [0.15, 0.2) is 5.65 Å². The second-order valence-electron chi connectivity index (χ2n) is 10.7. The Morgan fingerprint density at radius 2 is 1.88 bits per heavy atom. The highest BCUT2D eigenvalue weighted by Crippen LogP contribution is 2.34. The van der Waals surface area contributed by atoms with Gasteiger partial charge in [0.1, 0.15) is 5.82 Å². The van der Waals surface area contributed by atoms with Crippen molar-refractivity contribution in [3.63, 3.8) is 0 Å². The highest BCUT2D eigenvalue weighted by atomic mass is 127. The van der Waals surface area contributed by atoms with Crippen LogP contribution >= 0.6 is 22.6 Å². The van der Waals surface area contributed by atoms with Crippen molar-refractivity contribution in [1.82, 2.24) is 24.4 Å². The number of halogens is 1. The molecular weight excluding hydrogens is 645 g/mol. The molecule has 1 aromatic carbocycles. The summed E-state index contributed by atoms with van der Waals surface area (Å²) in [4.78, 5) is 25.5. The van der Waals surface area contributed by atoms with E-state index in [9.17, 15) is 13.2 Å². The second kappa shape index (κ2) is 11.4. The van der Waals surface area contributed by atoms with Crippen LogP contribution in [-0.2, 0) is 21.3 Å². The molecule has 2 aromatic heterocycles. The SMILES string of the molecule is CS(=O)(=O)Nc1ccc(I)cc1C(=O)N1CCCC[C@H]1c1cc2nc(N3CCC3)cc(CN3CCOCC3)n2n1. The molecule has 0 spiro atoms. The Hall–Kier alpha value is -2.49. The van der Waals surface area contributed by atoms with Crippen molar-refractivity contribution in [3.05, 3.63) is 50.9 Å². The smallest absolute Gasteiger partial charge is 0.256 e. The summed E-state index contributed by atoms with van der Waals surface area (Å²) in [5.41, 5.74) is 3.31. The van der Waals surface area contributed by atoms with Gasteiger partial charge in [-0.05, 0) is 66.5 Å². The van der Waals surface area contributed by atoms with Crippen LogP contribution in [0.1, 0.15) is 53.5 Å². The van der Waals surface area contributed by atoms with E-state index in [1.165, 1.54) is 6.42 Å². The standard InChI is InChI=1S/C27H34IN7O4S/c1-40(37,38)31-22-7-6-19(28)15-21(22)27(36)34-10-3-2-5-24(34)23-17-26-29-25(33-8-4-9-33)16-20(35(26)30-23)18-32-11-13-39-14-12-32/h6-7,15-17,24,31H,2-5,8-14,18H2,1H3/t24-/m0/s1. The van der Waals surface area contributed by atoms with E-state index in [4.69, 9.17) is 14.8 Å². The summed E-state index contributed by atoms with van der Waals surface area (Å²) in [7, 11) is -3.55. The number of ether oxygens (including phenoxy) is 1. The molecule has 3 saturated heterocycles. The van der Waals surface area contributed by atoms with Gasteiger partial charge >= 0.3 is 0 Å². The number of likely N-dealkylation sites (tertiary alicyclic amines) is 1. The Morgan fingerprint density at radius 3 is 2.60 bits per heavy atom. The number of aromatic nitrogens is 3. The van der Waals surface area contributed by atoms with Gasteiger partial charge in [0.2, 0.25) is 10.0 Å². The molecule has 3 aliphatic rings. The molecule has 0 saturated carbocycles. The Labute approximate surface area is 248 Å². The van der Waals surface area contributed by atoms with Crippen LogP contribution in [0.5, 0.6) is 0 Å². The van der Waals surface area contributed by atoms with Crippen molar-refractivity contribution in [2.24, 2.45) is 0 Å². The summed E-state index contributed by atoms with van der Waals surface area (Å²) < 4.78 is 34.9. The normalized spacial score (nSPS) is 20.5. The molecule has 0 radical (unpaired) electrons. The quantitative estimate of drug-likeness (QED) is 0.380. The molecule has 5 heterocycles. The number of benzene rings is 1. The van der Waals surface area contributed by atoms with Crippen molar-refractivity contribution in [3.8, 4) is 0 Å². The number of carbonyl (C=O) groups is 1. The molecule has 0 unspecified atom stereocenters. The van der Waals surface area contributed by atoms with Gasteiger partial charge in [0.05, 0.1) is 48.2 Å². The van der Waals surface area contributed by atoms with Crippen molar-refractivity contribution in [2.75, 3.05) is 61.8 Å². The Bertz CT molecular complexity index is 1520. The number of sulfonamides is 1. The highest BCUT2D eigenvalue weighted by Gasteiger charge is 2.33. The van der Waals surface area contributed by atoms with Crippen molar-refractivity contribution in [2.45, 2.75) is 38.3 Å². The minimum atomic E-state index is -3.55. The van der Waals surface area contributed by atoms with Gasteiger partial charge in [0, 0.05) is 55.0 Å². The molecule has 1 N–H and O–H groups in total. The molecule has 6 rings (SSSR count). The number of piperidine rings is 1. The average Bonchev–Trinajstić information content (AvgIpc) is 3.33. The highest BCUT2D eigenvalue weighted by molar-refractivity contribution is 14.1. The lowest BCUT2D eigenvalue weighted by atomic mass is 9.98. The summed E-state index contributed by atoms with van der Waals surface area (Å²) in [6, 6.07) is 9.13. The van der Waals surface area contributed by atoms with Gasteiger partial charge in [0.25, 0.3) is 5.91 Å². The molecule has 3 aliphatic heterocycles. The number of nitrogens with zero attached hydrogens (tertiary/aromatic N) is 6. The fraction of sp³-hybridized carbons (Fsp3) is 0.519. The Kier molecular flexibility index (Phi) is 7.90. The van der Waals surface area contributed by atoms with E-state index < -0.39 is 10.0 Å². The first-order valence-corrected chi connectivity index (χ1v) is 16.8. The maximum atomic E-state index is 14.0. The van der Waals surface area contributed by atoms with Gasteiger partial charge in [-0.25, -0.2) is 17.9 Å². The van der Waals surface area contributed by atoms with Gasteiger partial charge in [-0.15, -0.1) is 0 Å². The van der Waals surface area contributed by atoms with Crippen LogP contribution in [0.15, 0.2) is 30.3 Å². The first-order chi connectivity index (χ1) is 19.2. The molecule has 3 aromatic rings. The van der Waals surface area contributed by atoms with E-state index >= 15 is 0 Å². The van der Waals surface area contributed by atoms with E-state index in [2.05, 4.69) is 43.2 Å². The molecule has 0 aliphatic carbocycles. The van der Waals surface area contributed by atoms with Crippen LogP contribution < -0.4 is 9.62 Å². The number of rotatable bonds is 7. The third kappa shape index (κ3) is 5.92. The van der Waals surface area contributed by atoms with Gasteiger partial charge in [-0.1, -0.05) is 0 Å². The monoisotopic (exact) mass is 679 g/mol. The summed E-state index contributed by atoms with van der Waals surface area (Å²) in [6.07, 6.45) is 4.91. The predicted octanol–water partition coefficient (Wildman–Crippen LogP) is 3.12. The lowest BCUT2D eigenvalue weighted by Gasteiger charge is -2.35. The van der Waals surface area contributed by atoms with E-state index in [1.807, 2.05) is 15.5 Å². The summed E-state index contributed by atoms with van der Waals surface area (Å²) in [5.74, 6) is 0.773. The summed E-state index contributed by atoms with van der Waals surface area (Å²) >= 11 is 2.14. The van der Waals surface area contributed by atoms with Crippen LogP contribution in [0.25, 0.3) is 5.65 Å². The summed E-state index contributed by atoms with van der Waals surface area (Å²) in [6.45, 7) is 6.55. The van der Waals surface area contributed by atoms with Crippen LogP contribution in [0.4, 0.5) is 11.5 Å². The molecule has 3 fully saturated rings. The topological polar surface area (TPSA) is 112 Å². The number of morpholine rings is 1. The second-order valence-corrected chi connectivity index (χ2v) is 13.7. The van der Waals surface area contributed by atoms with Crippen molar-refractivity contribution >= 4 is 55.7 Å². The van der Waals surface area contributed by atoms with Crippen LogP contribution in [0, 0.1) is 3.57 Å². The molecule has 1 amide bonds. The van der Waals surface area contributed by atoms with E-state index in [1.54, 1.807) is 18.2 Å². The molecule has 40 heavy (non-hydrogen) atoms. The lowest BCUT2D eigenvalue weighted by Crippen LogP contribution is -2.39. The fourth-order valence-corrected chi connectivity index (χ4v) is 6.70. The zero-order chi connectivity index (χ0) is 27.9. The maximum Gasteiger partial charge on any atom is 0.256 e. The van der Waals surface area contributed by atoms with Crippen LogP contribution in [0.2, 0.25) is 0 Å². The average molecular weight is 680 g/mol. The van der Waals surface area contributed by atoms with E-state index in [0.29, 0.717) is 17.8 Å².